The van der Waals surface area contributed by atoms with Crippen LogP contribution in [-0.2, 0) is 4.74 Å². The van der Waals surface area contributed by atoms with Crippen LogP contribution >= 0.6 is 0 Å². The highest BCUT2D eigenvalue weighted by Crippen LogP contribution is 2.25. The number of carbonyl (C=O) groups is 2. The second kappa shape index (κ2) is 8.43. The van der Waals surface area contributed by atoms with Crippen LogP contribution in [0.4, 0.5) is 31.3 Å². The molecule has 0 atom stereocenters. The van der Waals surface area contributed by atoms with Crippen LogP contribution in [0.15, 0.2) is 36.7 Å². The Hall–Kier alpha value is -3.23. The third-order valence-electron chi connectivity index (χ3n) is 3.21. The monoisotopic (exact) mass is 375 g/mol. The van der Waals surface area contributed by atoms with Gasteiger partial charge in [-0.2, -0.15) is 0 Å². The fourth-order valence-corrected chi connectivity index (χ4v) is 2.07. The lowest BCUT2D eigenvalue weighted by atomic mass is 10.2. The van der Waals surface area contributed by atoms with Crippen LogP contribution in [0, 0.1) is 5.82 Å². The van der Waals surface area contributed by atoms with Gasteiger partial charge in [-0.25, -0.2) is 28.8 Å². The summed E-state index contributed by atoms with van der Waals surface area (Å²) in [6.07, 6.45) is 2.27. The molecule has 0 aliphatic rings. The number of aromatic nitrogens is 2. The Morgan fingerprint density at radius 3 is 2.44 bits per heavy atom. The average Bonchev–Trinajstić information content (AvgIpc) is 2.57. The van der Waals surface area contributed by atoms with Crippen molar-refractivity contribution in [3.05, 3.63) is 42.5 Å². The lowest BCUT2D eigenvalue weighted by molar-refractivity contribution is 0.0340. The lowest BCUT2D eigenvalue weighted by Gasteiger charge is -2.25. The van der Waals surface area contributed by atoms with Crippen molar-refractivity contribution in [1.82, 2.24) is 14.9 Å². The second-order valence-electron chi connectivity index (χ2n) is 6.54. The number of hydrogen-bond donors (Lipinski definition) is 2. The van der Waals surface area contributed by atoms with Crippen LogP contribution < -0.4 is 10.6 Å². The van der Waals surface area contributed by atoms with Gasteiger partial charge in [0.05, 0.1) is 11.4 Å². The van der Waals surface area contributed by atoms with Gasteiger partial charge in [-0.1, -0.05) is 0 Å². The topological polar surface area (TPSA) is 96.5 Å². The number of amides is 3. The molecule has 1 aromatic carbocycles. The molecule has 0 unspecified atom stereocenters. The molecule has 0 saturated heterocycles. The summed E-state index contributed by atoms with van der Waals surface area (Å²) in [6, 6.07) is 4.70. The number of ether oxygens (including phenoxy) is 1. The Balaban J connectivity index is 2.20. The van der Waals surface area contributed by atoms with Crippen molar-refractivity contribution in [2.24, 2.45) is 0 Å². The van der Waals surface area contributed by atoms with E-state index in [-0.39, 0.29) is 23.9 Å². The molecular formula is C18H22FN5O3. The molecule has 2 aromatic rings. The molecule has 144 valence electrons. The molecule has 2 rings (SSSR count). The van der Waals surface area contributed by atoms with Gasteiger partial charge in [0.1, 0.15) is 11.4 Å². The van der Waals surface area contributed by atoms with Crippen molar-refractivity contribution >= 4 is 29.4 Å². The van der Waals surface area contributed by atoms with Crippen molar-refractivity contribution in [2.75, 3.05) is 17.2 Å². The molecule has 0 radical (unpaired) electrons. The maximum Gasteiger partial charge on any atom is 0.418 e. The van der Waals surface area contributed by atoms with E-state index in [2.05, 4.69) is 20.6 Å². The predicted molar refractivity (Wildman–Crippen MR) is 99.3 cm³/mol. The number of benzene rings is 1. The van der Waals surface area contributed by atoms with E-state index in [0.29, 0.717) is 0 Å². The smallest absolute Gasteiger partial charge is 0.418 e. The summed E-state index contributed by atoms with van der Waals surface area (Å²) in [5.41, 5.74) is -0.233. The molecule has 27 heavy (non-hydrogen) atoms. The third kappa shape index (κ3) is 5.91. The van der Waals surface area contributed by atoms with Gasteiger partial charge in [0.15, 0.2) is 0 Å². The number of imide groups is 1. The summed E-state index contributed by atoms with van der Waals surface area (Å²) in [4.78, 5) is 33.6. The third-order valence-corrected chi connectivity index (χ3v) is 3.21. The Labute approximate surface area is 156 Å². The first kappa shape index (κ1) is 20.1. The number of nitrogens with one attached hydrogen (secondary N) is 2. The van der Waals surface area contributed by atoms with Crippen LogP contribution in [0.5, 0.6) is 0 Å². The van der Waals surface area contributed by atoms with Crippen LogP contribution in [0.25, 0.3) is 0 Å². The lowest BCUT2D eigenvalue weighted by Crippen LogP contribution is -2.43. The highest BCUT2D eigenvalue weighted by molar-refractivity contribution is 6.01. The van der Waals surface area contributed by atoms with Crippen LogP contribution in [-0.4, -0.2) is 39.1 Å². The standard InChI is InChI=1S/C18H22FN5O3/c1-5-24(17(26)27-18(2,3)4)16(25)23-13-8-7-12(19)11-14(13)22-15-20-9-6-10-21-15/h6-11H,5H2,1-4H3,(H,23,25)(H,20,21,22). The maximum atomic E-state index is 13.6. The van der Waals surface area contributed by atoms with E-state index in [1.807, 2.05) is 0 Å². The van der Waals surface area contributed by atoms with Crippen molar-refractivity contribution in [2.45, 2.75) is 33.3 Å². The normalized spacial score (nSPS) is 10.9. The average molecular weight is 375 g/mol. The Kier molecular flexibility index (Phi) is 6.27. The number of urea groups is 1. The SMILES string of the molecule is CCN(C(=O)Nc1ccc(F)cc1Nc1ncccn1)C(=O)OC(C)(C)C. The number of halogens is 1. The summed E-state index contributed by atoms with van der Waals surface area (Å²) in [6.45, 7) is 6.87. The van der Waals surface area contributed by atoms with Gasteiger partial charge in [-0.15, -0.1) is 0 Å². The zero-order valence-corrected chi connectivity index (χ0v) is 15.6. The molecule has 1 heterocycles. The van der Waals surface area contributed by atoms with Gasteiger partial charge < -0.3 is 15.4 Å². The minimum Gasteiger partial charge on any atom is -0.443 e. The van der Waals surface area contributed by atoms with E-state index in [1.54, 1.807) is 33.8 Å². The summed E-state index contributed by atoms with van der Waals surface area (Å²) in [7, 11) is 0. The highest BCUT2D eigenvalue weighted by atomic mass is 19.1. The molecule has 8 nitrogen and oxygen atoms in total. The van der Waals surface area contributed by atoms with Gasteiger partial charge in [0, 0.05) is 18.9 Å². The molecular weight excluding hydrogens is 353 g/mol. The number of hydrogen-bond acceptors (Lipinski definition) is 6. The summed E-state index contributed by atoms with van der Waals surface area (Å²) in [5.74, 6) is -0.274. The van der Waals surface area contributed by atoms with E-state index in [0.717, 1.165) is 4.90 Å². The zero-order chi connectivity index (χ0) is 20.0. The molecule has 0 spiro atoms. The zero-order valence-electron chi connectivity index (χ0n) is 15.6. The molecule has 9 heteroatoms. The Morgan fingerprint density at radius 2 is 1.85 bits per heavy atom. The molecule has 0 saturated carbocycles. The molecule has 0 bridgehead atoms. The van der Waals surface area contributed by atoms with Gasteiger partial charge in [-0.3, -0.25) is 0 Å². The van der Waals surface area contributed by atoms with Gasteiger partial charge in [0.25, 0.3) is 0 Å². The first-order chi connectivity index (χ1) is 12.7. The Morgan fingerprint density at radius 1 is 1.19 bits per heavy atom. The number of rotatable bonds is 4. The first-order valence-electron chi connectivity index (χ1n) is 8.34. The molecule has 2 N–H and O–H groups in total. The van der Waals surface area contributed by atoms with Gasteiger partial charge >= 0.3 is 12.1 Å². The van der Waals surface area contributed by atoms with E-state index >= 15 is 0 Å². The van der Waals surface area contributed by atoms with Gasteiger partial charge in [0.2, 0.25) is 5.95 Å². The molecule has 3 amide bonds. The minimum atomic E-state index is -0.773. The summed E-state index contributed by atoms with van der Waals surface area (Å²) < 4.78 is 18.9. The van der Waals surface area contributed by atoms with Crippen LogP contribution in [0.3, 0.4) is 0 Å². The number of nitrogens with zero attached hydrogens (tertiary/aromatic N) is 3. The van der Waals surface area contributed by atoms with Gasteiger partial charge in [-0.05, 0) is 52.0 Å². The fraction of sp³-hybridized carbons (Fsp3) is 0.333. The maximum absolute atomic E-state index is 13.6. The van der Waals surface area contributed by atoms with Crippen molar-refractivity contribution < 1.29 is 18.7 Å². The second-order valence-corrected chi connectivity index (χ2v) is 6.54. The van der Waals surface area contributed by atoms with Crippen molar-refractivity contribution in [3.8, 4) is 0 Å². The highest BCUT2D eigenvalue weighted by Gasteiger charge is 2.26. The Bertz CT molecular complexity index is 808. The van der Waals surface area contributed by atoms with Crippen molar-refractivity contribution in [3.63, 3.8) is 0 Å². The van der Waals surface area contributed by atoms with E-state index in [4.69, 9.17) is 4.74 Å². The summed E-state index contributed by atoms with van der Waals surface area (Å²) in [5, 5.41) is 5.41. The molecule has 0 aliphatic heterocycles. The van der Waals surface area contributed by atoms with E-state index < -0.39 is 23.5 Å². The van der Waals surface area contributed by atoms with E-state index in [1.165, 1.54) is 30.6 Å². The molecule has 1 aromatic heterocycles. The van der Waals surface area contributed by atoms with Crippen LogP contribution in [0.2, 0.25) is 0 Å². The first-order valence-corrected chi connectivity index (χ1v) is 8.34. The van der Waals surface area contributed by atoms with Crippen molar-refractivity contribution in [1.29, 1.82) is 0 Å². The van der Waals surface area contributed by atoms with E-state index in [9.17, 15) is 14.0 Å². The molecule has 0 fully saturated rings. The molecule has 0 aliphatic carbocycles. The van der Waals surface area contributed by atoms with Crippen LogP contribution in [0.1, 0.15) is 27.7 Å². The summed E-state index contributed by atoms with van der Waals surface area (Å²) >= 11 is 0. The number of carbonyl (C=O) groups excluding carboxylic acids is 2. The largest absolute Gasteiger partial charge is 0.443 e. The minimum absolute atomic E-state index is 0.104. The fourth-order valence-electron chi connectivity index (χ4n) is 2.07. The predicted octanol–water partition coefficient (Wildman–Crippen LogP) is 4.15. The quantitative estimate of drug-likeness (QED) is 0.833. The number of anilines is 3.